The van der Waals surface area contributed by atoms with Crippen LogP contribution < -0.4 is 0 Å². The van der Waals surface area contributed by atoms with Gasteiger partial charge in [-0.25, -0.2) is 0 Å². The summed E-state index contributed by atoms with van der Waals surface area (Å²) in [6.07, 6.45) is 4.46. The van der Waals surface area contributed by atoms with E-state index in [1.165, 1.54) is 23.1 Å². The SMILES string of the molecule is Cn1c2c(c3cc(Br)cc(C=O)c31)CCC2. The van der Waals surface area contributed by atoms with E-state index in [9.17, 15) is 4.79 Å². The molecule has 0 amide bonds. The molecule has 82 valence electrons. The Labute approximate surface area is 102 Å². The lowest BCUT2D eigenvalue weighted by molar-refractivity contribution is 0.112. The van der Waals surface area contributed by atoms with Crippen molar-refractivity contribution in [3.8, 4) is 0 Å². The lowest BCUT2D eigenvalue weighted by Gasteiger charge is -2.04. The number of carbonyl (C=O) groups is 1. The van der Waals surface area contributed by atoms with Crippen LogP contribution in [0.15, 0.2) is 16.6 Å². The molecule has 0 saturated heterocycles. The Morgan fingerprint density at radius 2 is 2.19 bits per heavy atom. The van der Waals surface area contributed by atoms with Gasteiger partial charge in [0.05, 0.1) is 5.52 Å². The minimum Gasteiger partial charge on any atom is -0.347 e. The molecule has 0 aliphatic heterocycles. The molecule has 1 aromatic carbocycles. The zero-order chi connectivity index (χ0) is 11.3. The van der Waals surface area contributed by atoms with E-state index in [-0.39, 0.29) is 0 Å². The number of aromatic nitrogens is 1. The summed E-state index contributed by atoms with van der Waals surface area (Å²) in [5, 5.41) is 1.24. The number of rotatable bonds is 1. The number of halogens is 1. The fraction of sp³-hybridized carbons (Fsp3) is 0.308. The Hall–Kier alpha value is -1.09. The van der Waals surface area contributed by atoms with Gasteiger partial charge in [-0.2, -0.15) is 0 Å². The maximum absolute atomic E-state index is 11.1. The number of aryl methyl sites for hydroxylation is 2. The average Bonchev–Trinajstić information content (AvgIpc) is 2.83. The Kier molecular flexibility index (Phi) is 2.18. The van der Waals surface area contributed by atoms with E-state index in [0.717, 1.165) is 34.7 Å². The summed E-state index contributed by atoms with van der Waals surface area (Å²) in [4.78, 5) is 11.1. The second-order valence-electron chi connectivity index (χ2n) is 4.35. The second-order valence-corrected chi connectivity index (χ2v) is 5.26. The highest BCUT2D eigenvalue weighted by atomic mass is 79.9. The first-order chi connectivity index (χ1) is 7.72. The highest BCUT2D eigenvalue weighted by Gasteiger charge is 2.21. The quantitative estimate of drug-likeness (QED) is 0.734. The summed E-state index contributed by atoms with van der Waals surface area (Å²) >= 11 is 3.47. The van der Waals surface area contributed by atoms with Crippen LogP contribution in [-0.2, 0) is 19.9 Å². The van der Waals surface area contributed by atoms with Gasteiger partial charge in [-0.1, -0.05) is 15.9 Å². The molecule has 1 heterocycles. The normalized spacial score (nSPS) is 14.4. The van der Waals surface area contributed by atoms with Crippen LogP contribution in [0.2, 0.25) is 0 Å². The molecule has 1 aliphatic rings. The van der Waals surface area contributed by atoms with Crippen LogP contribution in [0.4, 0.5) is 0 Å². The van der Waals surface area contributed by atoms with Crippen molar-refractivity contribution in [2.45, 2.75) is 19.3 Å². The van der Waals surface area contributed by atoms with Gasteiger partial charge in [0, 0.05) is 28.2 Å². The summed E-state index contributed by atoms with van der Waals surface area (Å²) < 4.78 is 3.18. The van der Waals surface area contributed by atoms with E-state index in [0.29, 0.717) is 0 Å². The highest BCUT2D eigenvalue weighted by Crippen LogP contribution is 2.35. The number of hydrogen-bond donors (Lipinski definition) is 0. The van der Waals surface area contributed by atoms with Crippen molar-refractivity contribution in [3.63, 3.8) is 0 Å². The van der Waals surface area contributed by atoms with Gasteiger partial charge in [-0.3, -0.25) is 4.79 Å². The third-order valence-corrected chi connectivity index (χ3v) is 3.94. The standard InChI is InChI=1S/C13H12BrNO/c1-15-12-4-2-3-10(12)11-6-9(14)5-8(7-16)13(11)15/h5-7H,2-4H2,1H3. The van der Waals surface area contributed by atoms with E-state index in [1.807, 2.05) is 6.07 Å². The van der Waals surface area contributed by atoms with Gasteiger partial charge in [-0.05, 0) is 37.0 Å². The molecule has 0 radical (unpaired) electrons. The largest absolute Gasteiger partial charge is 0.347 e. The molecule has 16 heavy (non-hydrogen) atoms. The van der Waals surface area contributed by atoms with Crippen molar-refractivity contribution in [2.75, 3.05) is 0 Å². The topological polar surface area (TPSA) is 22.0 Å². The van der Waals surface area contributed by atoms with E-state index in [2.05, 4.69) is 33.6 Å². The van der Waals surface area contributed by atoms with Crippen LogP contribution in [0.1, 0.15) is 28.0 Å². The number of nitrogens with zero attached hydrogens (tertiary/aromatic N) is 1. The Morgan fingerprint density at radius 3 is 2.94 bits per heavy atom. The van der Waals surface area contributed by atoms with Crippen LogP contribution in [0.3, 0.4) is 0 Å². The molecule has 0 saturated carbocycles. The summed E-state index contributed by atoms with van der Waals surface area (Å²) in [6, 6.07) is 4.02. The predicted octanol–water partition coefficient (Wildman–Crippen LogP) is 3.24. The first-order valence-corrected chi connectivity index (χ1v) is 6.26. The van der Waals surface area contributed by atoms with Crippen molar-refractivity contribution >= 4 is 33.1 Å². The van der Waals surface area contributed by atoms with Crippen molar-refractivity contribution < 1.29 is 4.79 Å². The van der Waals surface area contributed by atoms with Gasteiger partial charge in [0.2, 0.25) is 0 Å². The average molecular weight is 278 g/mol. The lowest BCUT2D eigenvalue weighted by Crippen LogP contribution is -1.96. The molecule has 2 aromatic rings. The third kappa shape index (κ3) is 1.21. The molecule has 0 atom stereocenters. The molecule has 0 fully saturated rings. The summed E-state index contributed by atoms with van der Waals surface area (Å²) in [5.74, 6) is 0. The Balaban J connectivity index is 2.49. The van der Waals surface area contributed by atoms with E-state index in [4.69, 9.17) is 0 Å². The van der Waals surface area contributed by atoms with Crippen LogP contribution in [-0.4, -0.2) is 10.9 Å². The van der Waals surface area contributed by atoms with Crippen molar-refractivity contribution in [1.82, 2.24) is 4.57 Å². The zero-order valence-electron chi connectivity index (χ0n) is 9.09. The smallest absolute Gasteiger partial charge is 0.152 e. The number of hydrogen-bond acceptors (Lipinski definition) is 1. The van der Waals surface area contributed by atoms with Crippen LogP contribution >= 0.6 is 15.9 Å². The molecule has 2 nitrogen and oxygen atoms in total. The number of carbonyl (C=O) groups excluding carboxylic acids is 1. The first kappa shape index (κ1) is 10.1. The molecule has 0 spiro atoms. The van der Waals surface area contributed by atoms with Gasteiger partial charge in [0.15, 0.2) is 6.29 Å². The second kappa shape index (κ2) is 3.45. The number of benzene rings is 1. The van der Waals surface area contributed by atoms with Gasteiger partial charge in [0.1, 0.15) is 0 Å². The minimum absolute atomic E-state index is 0.779. The van der Waals surface area contributed by atoms with Gasteiger partial charge in [0.25, 0.3) is 0 Å². The van der Waals surface area contributed by atoms with Crippen molar-refractivity contribution in [2.24, 2.45) is 7.05 Å². The molecule has 0 unspecified atom stereocenters. The summed E-state index contributed by atoms with van der Waals surface area (Å²) in [5.41, 5.74) is 4.70. The molecule has 1 aliphatic carbocycles. The van der Waals surface area contributed by atoms with Crippen molar-refractivity contribution in [1.29, 1.82) is 0 Å². The monoisotopic (exact) mass is 277 g/mol. The Bertz CT molecular complexity index is 598. The summed E-state index contributed by atoms with van der Waals surface area (Å²) in [6.45, 7) is 0. The molecule has 0 N–H and O–H groups in total. The molecular weight excluding hydrogens is 266 g/mol. The zero-order valence-corrected chi connectivity index (χ0v) is 10.7. The van der Waals surface area contributed by atoms with Crippen molar-refractivity contribution in [3.05, 3.63) is 33.4 Å². The van der Waals surface area contributed by atoms with E-state index < -0.39 is 0 Å². The molecule has 1 aromatic heterocycles. The summed E-state index contributed by atoms with van der Waals surface area (Å²) in [7, 11) is 2.06. The fourth-order valence-electron chi connectivity index (χ4n) is 2.84. The van der Waals surface area contributed by atoms with Gasteiger partial charge in [-0.15, -0.1) is 0 Å². The number of fused-ring (bicyclic) bond motifs is 3. The predicted molar refractivity (Wildman–Crippen MR) is 68.0 cm³/mol. The lowest BCUT2D eigenvalue weighted by atomic mass is 10.1. The minimum atomic E-state index is 0.779. The van der Waals surface area contributed by atoms with Crippen LogP contribution in [0.5, 0.6) is 0 Å². The molecule has 3 heteroatoms. The van der Waals surface area contributed by atoms with E-state index >= 15 is 0 Å². The maximum atomic E-state index is 11.1. The third-order valence-electron chi connectivity index (χ3n) is 3.49. The fourth-order valence-corrected chi connectivity index (χ4v) is 3.31. The number of aldehydes is 1. The molecular formula is C13H12BrNO. The maximum Gasteiger partial charge on any atom is 0.152 e. The Morgan fingerprint density at radius 1 is 1.38 bits per heavy atom. The molecule has 3 rings (SSSR count). The highest BCUT2D eigenvalue weighted by molar-refractivity contribution is 9.10. The van der Waals surface area contributed by atoms with Crippen LogP contribution in [0.25, 0.3) is 10.9 Å². The van der Waals surface area contributed by atoms with Crippen LogP contribution in [0, 0.1) is 0 Å². The molecule has 0 bridgehead atoms. The van der Waals surface area contributed by atoms with Gasteiger partial charge >= 0.3 is 0 Å². The van der Waals surface area contributed by atoms with E-state index in [1.54, 1.807) is 0 Å². The van der Waals surface area contributed by atoms with Gasteiger partial charge < -0.3 is 4.57 Å². The first-order valence-electron chi connectivity index (χ1n) is 5.47.